The van der Waals surface area contributed by atoms with Gasteiger partial charge in [-0.15, -0.1) is 11.8 Å². The summed E-state index contributed by atoms with van der Waals surface area (Å²) in [6, 6.07) is 6.84. The summed E-state index contributed by atoms with van der Waals surface area (Å²) in [5, 5.41) is 13.3. The Morgan fingerprint density at radius 2 is 2.00 bits per heavy atom. The molecule has 2 saturated carbocycles. The average molecular weight is 309 g/mol. The van der Waals surface area contributed by atoms with Crippen LogP contribution in [-0.2, 0) is 4.79 Å². The molecule has 3 nitrogen and oxygen atoms in total. The summed E-state index contributed by atoms with van der Waals surface area (Å²) < 4.78 is 12.9. The lowest BCUT2D eigenvalue weighted by Gasteiger charge is -2.38. The average Bonchev–Trinajstić information content (AvgIpc) is 3.25. The maximum atomic E-state index is 12.9. The summed E-state index contributed by atoms with van der Waals surface area (Å²) in [7, 11) is 0. The van der Waals surface area contributed by atoms with E-state index in [1.165, 1.54) is 12.1 Å². The molecule has 0 radical (unpaired) electrons. The van der Waals surface area contributed by atoms with Crippen LogP contribution in [-0.4, -0.2) is 27.9 Å². The predicted octanol–water partition coefficient (Wildman–Crippen LogP) is 3.44. The van der Waals surface area contributed by atoms with Crippen molar-refractivity contribution in [3.8, 4) is 0 Å². The minimum absolute atomic E-state index is 0.238. The summed E-state index contributed by atoms with van der Waals surface area (Å²) in [6.07, 6.45) is 5.46. The molecular formula is C16H20FNO2S. The third kappa shape index (κ3) is 3.58. The van der Waals surface area contributed by atoms with E-state index in [-0.39, 0.29) is 11.1 Å². The van der Waals surface area contributed by atoms with Gasteiger partial charge in [0.05, 0.1) is 0 Å². The third-order valence-electron chi connectivity index (χ3n) is 4.29. The lowest BCUT2D eigenvalue weighted by atomic mass is 9.81. The lowest BCUT2D eigenvalue weighted by molar-refractivity contribution is -0.146. The van der Waals surface area contributed by atoms with Gasteiger partial charge in [0.15, 0.2) is 0 Å². The Labute approximate surface area is 128 Å². The summed E-state index contributed by atoms with van der Waals surface area (Å²) in [4.78, 5) is 12.8. The summed E-state index contributed by atoms with van der Waals surface area (Å²) in [5.41, 5.74) is -0.767. The smallest absolute Gasteiger partial charge is 0.323 e. The highest BCUT2D eigenvalue weighted by Gasteiger charge is 2.46. The first-order valence-corrected chi connectivity index (χ1v) is 8.39. The SMILES string of the molecule is O=C(O)C1(NC2CC2)CCCC(Sc2ccc(F)cc2)C1. The zero-order valence-electron chi connectivity index (χ0n) is 11.8. The Kier molecular flexibility index (Phi) is 4.22. The Morgan fingerprint density at radius 3 is 2.62 bits per heavy atom. The van der Waals surface area contributed by atoms with Crippen LogP contribution >= 0.6 is 11.8 Å². The highest BCUT2D eigenvalue weighted by molar-refractivity contribution is 8.00. The van der Waals surface area contributed by atoms with Gasteiger partial charge in [-0.05, 0) is 62.8 Å². The number of nitrogens with one attached hydrogen (secondary N) is 1. The second kappa shape index (κ2) is 5.97. The highest BCUT2D eigenvalue weighted by atomic mass is 32.2. The van der Waals surface area contributed by atoms with Gasteiger partial charge in [-0.1, -0.05) is 0 Å². The fraction of sp³-hybridized carbons (Fsp3) is 0.562. The first-order chi connectivity index (χ1) is 10.1. The zero-order chi connectivity index (χ0) is 14.9. The van der Waals surface area contributed by atoms with Crippen molar-refractivity contribution in [3.63, 3.8) is 0 Å². The Balaban J connectivity index is 1.68. The van der Waals surface area contributed by atoms with Crippen LogP contribution in [0.1, 0.15) is 38.5 Å². The van der Waals surface area contributed by atoms with Gasteiger partial charge in [-0.2, -0.15) is 0 Å². The molecule has 1 aromatic rings. The van der Waals surface area contributed by atoms with Crippen molar-refractivity contribution >= 4 is 17.7 Å². The van der Waals surface area contributed by atoms with Gasteiger partial charge in [0.1, 0.15) is 11.4 Å². The quantitative estimate of drug-likeness (QED) is 0.875. The van der Waals surface area contributed by atoms with Crippen molar-refractivity contribution in [2.45, 2.75) is 60.3 Å². The van der Waals surface area contributed by atoms with Crippen LogP contribution in [0.5, 0.6) is 0 Å². The van der Waals surface area contributed by atoms with Crippen molar-refractivity contribution in [3.05, 3.63) is 30.1 Å². The van der Waals surface area contributed by atoms with Crippen LogP contribution in [0.25, 0.3) is 0 Å². The summed E-state index contributed by atoms with van der Waals surface area (Å²) >= 11 is 1.67. The molecule has 2 fully saturated rings. The van der Waals surface area contributed by atoms with Gasteiger partial charge >= 0.3 is 5.97 Å². The van der Waals surface area contributed by atoms with E-state index in [1.54, 1.807) is 23.9 Å². The number of rotatable bonds is 5. The molecule has 0 aliphatic heterocycles. The molecule has 0 amide bonds. The van der Waals surface area contributed by atoms with Gasteiger partial charge in [0.25, 0.3) is 0 Å². The molecular weight excluding hydrogens is 289 g/mol. The monoisotopic (exact) mass is 309 g/mol. The normalized spacial score (nSPS) is 29.3. The fourth-order valence-corrected chi connectivity index (χ4v) is 4.37. The third-order valence-corrected chi connectivity index (χ3v) is 5.57. The van der Waals surface area contributed by atoms with Gasteiger partial charge < -0.3 is 5.11 Å². The molecule has 2 aliphatic rings. The highest BCUT2D eigenvalue weighted by Crippen LogP contribution is 2.40. The van der Waals surface area contributed by atoms with E-state index in [0.717, 1.165) is 30.6 Å². The van der Waals surface area contributed by atoms with Gasteiger partial charge in [-0.3, -0.25) is 10.1 Å². The number of benzene rings is 1. The largest absolute Gasteiger partial charge is 0.480 e. The van der Waals surface area contributed by atoms with Crippen molar-refractivity contribution in [2.75, 3.05) is 0 Å². The number of carboxylic acids is 1. The van der Waals surface area contributed by atoms with Crippen molar-refractivity contribution in [1.82, 2.24) is 5.32 Å². The summed E-state index contributed by atoms with van der Waals surface area (Å²) in [6.45, 7) is 0. The maximum absolute atomic E-state index is 12.9. The van der Waals surface area contributed by atoms with E-state index >= 15 is 0 Å². The molecule has 2 aliphatic carbocycles. The number of hydrogen-bond acceptors (Lipinski definition) is 3. The van der Waals surface area contributed by atoms with Crippen LogP contribution in [0.15, 0.2) is 29.2 Å². The fourth-order valence-electron chi connectivity index (χ4n) is 3.04. The Morgan fingerprint density at radius 1 is 1.29 bits per heavy atom. The molecule has 5 heteroatoms. The van der Waals surface area contributed by atoms with E-state index in [2.05, 4.69) is 5.32 Å². The molecule has 0 heterocycles. The minimum atomic E-state index is -0.767. The number of halogens is 1. The standard InChI is InChI=1S/C16H20FNO2S/c17-11-3-7-13(8-4-11)21-14-2-1-9-16(10-14,15(19)20)18-12-5-6-12/h3-4,7-8,12,14,18H,1-2,5-6,9-10H2,(H,19,20). The van der Waals surface area contributed by atoms with Crippen molar-refractivity contribution in [1.29, 1.82) is 0 Å². The summed E-state index contributed by atoms with van der Waals surface area (Å²) in [5.74, 6) is -0.961. The van der Waals surface area contributed by atoms with Crippen molar-refractivity contribution < 1.29 is 14.3 Å². The predicted molar refractivity (Wildman–Crippen MR) is 81.0 cm³/mol. The first-order valence-electron chi connectivity index (χ1n) is 7.51. The Bertz CT molecular complexity index is 518. The van der Waals surface area contributed by atoms with E-state index in [4.69, 9.17) is 0 Å². The molecule has 3 rings (SSSR count). The number of aliphatic carboxylic acids is 1. The molecule has 0 saturated heterocycles. The minimum Gasteiger partial charge on any atom is -0.480 e. The van der Waals surface area contributed by atoms with E-state index in [9.17, 15) is 14.3 Å². The van der Waals surface area contributed by atoms with E-state index in [1.807, 2.05) is 0 Å². The number of thioether (sulfide) groups is 1. The molecule has 1 aromatic carbocycles. The number of carbonyl (C=O) groups is 1. The zero-order valence-corrected chi connectivity index (χ0v) is 12.7. The lowest BCUT2D eigenvalue weighted by Crippen LogP contribution is -2.56. The van der Waals surface area contributed by atoms with Gasteiger partial charge in [0.2, 0.25) is 0 Å². The van der Waals surface area contributed by atoms with Crippen LogP contribution in [0.2, 0.25) is 0 Å². The van der Waals surface area contributed by atoms with Gasteiger partial charge in [0, 0.05) is 16.2 Å². The Hall–Kier alpha value is -1.07. The maximum Gasteiger partial charge on any atom is 0.323 e. The first kappa shape index (κ1) is 14.9. The molecule has 0 spiro atoms. The molecule has 2 N–H and O–H groups in total. The second-order valence-electron chi connectivity index (χ2n) is 6.10. The molecule has 114 valence electrons. The molecule has 2 unspecified atom stereocenters. The number of carboxylic acid groups (broad SMARTS) is 1. The second-order valence-corrected chi connectivity index (χ2v) is 7.47. The molecule has 0 aromatic heterocycles. The number of hydrogen-bond donors (Lipinski definition) is 2. The molecule has 21 heavy (non-hydrogen) atoms. The van der Waals surface area contributed by atoms with Crippen LogP contribution in [0.4, 0.5) is 4.39 Å². The molecule has 0 bridgehead atoms. The van der Waals surface area contributed by atoms with Gasteiger partial charge in [-0.25, -0.2) is 4.39 Å². The van der Waals surface area contributed by atoms with Crippen molar-refractivity contribution in [2.24, 2.45) is 0 Å². The molecule has 2 atom stereocenters. The van der Waals surface area contributed by atoms with Crippen LogP contribution in [0.3, 0.4) is 0 Å². The van der Waals surface area contributed by atoms with Crippen LogP contribution in [0, 0.1) is 5.82 Å². The van der Waals surface area contributed by atoms with E-state index in [0.29, 0.717) is 18.9 Å². The van der Waals surface area contributed by atoms with Crippen LogP contribution < -0.4 is 5.32 Å². The van der Waals surface area contributed by atoms with E-state index < -0.39 is 11.5 Å². The topological polar surface area (TPSA) is 49.3 Å².